The monoisotopic (exact) mass is 384 g/mol. The summed E-state index contributed by atoms with van der Waals surface area (Å²) < 4.78 is 29.0. The maximum absolute atomic E-state index is 12.4. The van der Waals surface area contributed by atoms with Crippen LogP contribution in [0.4, 0.5) is 0 Å². The van der Waals surface area contributed by atoms with Crippen LogP contribution in [0, 0.1) is 0 Å². The van der Waals surface area contributed by atoms with Gasteiger partial charge in [0, 0.05) is 0 Å². The minimum Gasteiger partial charge on any atom is -0.453 e. The average molecular weight is 384 g/mol. The van der Waals surface area contributed by atoms with Crippen molar-refractivity contribution in [1.29, 1.82) is 0 Å². The van der Waals surface area contributed by atoms with Gasteiger partial charge in [0.25, 0.3) is 0 Å². The second kappa shape index (κ2) is 9.38. The van der Waals surface area contributed by atoms with Crippen LogP contribution in [0.25, 0.3) is 0 Å². The van der Waals surface area contributed by atoms with Crippen LogP contribution in [0.5, 0.6) is 17.2 Å². The zero-order chi connectivity index (χ0) is 19.0. The smallest absolute Gasteiger partial charge is 0.379 e. The molecule has 0 saturated carbocycles. The Morgan fingerprint density at radius 3 is 2.07 bits per heavy atom. The molecule has 3 rings (SSSR count). The van der Waals surface area contributed by atoms with Gasteiger partial charge in [-0.3, -0.25) is 0 Å². The second-order valence-corrected chi connectivity index (χ2v) is 7.76. The van der Waals surface area contributed by atoms with Crippen molar-refractivity contribution in [2.24, 2.45) is 0 Å². The van der Waals surface area contributed by atoms with Gasteiger partial charge in [0.1, 0.15) is 5.75 Å². The first kappa shape index (κ1) is 19.2. The third-order valence-electron chi connectivity index (χ3n) is 3.69. The lowest BCUT2D eigenvalue weighted by molar-refractivity contribution is 0.132. The van der Waals surface area contributed by atoms with Crippen molar-refractivity contribution >= 4 is 7.60 Å². The van der Waals surface area contributed by atoms with Gasteiger partial charge in [0.05, 0.1) is 19.4 Å². The lowest BCUT2D eigenvalue weighted by Gasteiger charge is -2.16. The van der Waals surface area contributed by atoms with E-state index in [1.165, 1.54) is 0 Å². The maximum atomic E-state index is 12.4. The minimum absolute atomic E-state index is 0.112. The van der Waals surface area contributed by atoms with E-state index in [1.54, 1.807) is 36.4 Å². The van der Waals surface area contributed by atoms with Crippen LogP contribution in [0.2, 0.25) is 0 Å². The molecule has 0 bridgehead atoms. The normalized spacial score (nSPS) is 12.9. The first-order chi connectivity index (χ1) is 13.1. The molecule has 0 aliphatic heterocycles. The Morgan fingerprint density at radius 2 is 1.37 bits per heavy atom. The lowest BCUT2D eigenvalue weighted by Crippen LogP contribution is -2.05. The molecule has 1 N–H and O–H groups in total. The molecule has 0 aliphatic rings. The zero-order valence-corrected chi connectivity index (χ0v) is 15.6. The first-order valence-corrected chi connectivity index (χ1v) is 10.3. The molecule has 27 heavy (non-hydrogen) atoms. The lowest BCUT2D eigenvalue weighted by atomic mass is 10.2. The Kier molecular flexibility index (Phi) is 6.66. The first-order valence-electron chi connectivity index (χ1n) is 8.57. The van der Waals surface area contributed by atoms with Crippen LogP contribution in [0.15, 0.2) is 84.9 Å². The van der Waals surface area contributed by atoms with Crippen LogP contribution in [0.1, 0.15) is 5.56 Å². The van der Waals surface area contributed by atoms with Gasteiger partial charge in [-0.15, -0.1) is 0 Å². The van der Waals surface area contributed by atoms with Crippen molar-refractivity contribution in [3.05, 3.63) is 90.5 Å². The molecule has 0 fully saturated rings. The number of ether oxygens (including phenoxy) is 2. The van der Waals surface area contributed by atoms with Crippen molar-refractivity contribution in [3.63, 3.8) is 0 Å². The summed E-state index contributed by atoms with van der Waals surface area (Å²) in [7, 11) is -3.87. The van der Waals surface area contributed by atoms with Gasteiger partial charge in [-0.1, -0.05) is 60.7 Å². The summed E-state index contributed by atoms with van der Waals surface area (Å²) in [5.74, 6) is 1.21. The van der Waals surface area contributed by atoms with Crippen LogP contribution >= 0.6 is 7.60 Å². The van der Waals surface area contributed by atoms with Gasteiger partial charge in [-0.05, 0) is 29.8 Å². The van der Waals surface area contributed by atoms with Gasteiger partial charge < -0.3 is 18.9 Å². The number of rotatable bonds is 9. The Labute approximate surface area is 158 Å². The summed E-state index contributed by atoms with van der Waals surface area (Å²) in [6.45, 7) is 0.499. The fourth-order valence-corrected chi connectivity index (χ4v) is 3.28. The fraction of sp³-hybridized carbons (Fsp3) is 0.143. The van der Waals surface area contributed by atoms with Gasteiger partial charge in [0.15, 0.2) is 11.5 Å². The Morgan fingerprint density at radius 1 is 0.778 bits per heavy atom. The Hall–Kier alpha value is -2.59. The van der Waals surface area contributed by atoms with Crippen molar-refractivity contribution < 1.29 is 23.5 Å². The minimum atomic E-state index is -3.87. The van der Waals surface area contributed by atoms with Gasteiger partial charge in [-0.25, -0.2) is 4.57 Å². The van der Waals surface area contributed by atoms with E-state index < -0.39 is 7.60 Å². The van der Waals surface area contributed by atoms with Crippen LogP contribution in [-0.4, -0.2) is 17.7 Å². The topological polar surface area (TPSA) is 65.0 Å². The van der Waals surface area contributed by atoms with E-state index in [4.69, 9.17) is 14.0 Å². The van der Waals surface area contributed by atoms with Crippen molar-refractivity contribution in [2.45, 2.75) is 6.61 Å². The van der Waals surface area contributed by atoms with E-state index in [1.807, 2.05) is 48.5 Å². The molecule has 1 atom stereocenters. The zero-order valence-electron chi connectivity index (χ0n) is 14.7. The average Bonchev–Trinajstić information content (AvgIpc) is 2.68. The number of benzene rings is 3. The number of hydrogen-bond donors (Lipinski definition) is 1. The summed E-state index contributed by atoms with van der Waals surface area (Å²) in [6.07, 6.45) is -0.112. The highest BCUT2D eigenvalue weighted by Crippen LogP contribution is 2.46. The van der Waals surface area contributed by atoms with Gasteiger partial charge in [0.2, 0.25) is 0 Å². The maximum Gasteiger partial charge on any atom is 0.379 e. The highest BCUT2D eigenvalue weighted by Gasteiger charge is 2.23. The summed E-state index contributed by atoms with van der Waals surface area (Å²) in [4.78, 5) is 10.2. The third kappa shape index (κ3) is 6.26. The highest BCUT2D eigenvalue weighted by atomic mass is 31.2. The number of para-hydroxylation sites is 3. The predicted molar refractivity (Wildman–Crippen MR) is 104 cm³/mol. The van der Waals surface area contributed by atoms with Crippen LogP contribution in [-0.2, 0) is 15.9 Å². The quantitative estimate of drug-likeness (QED) is 0.403. The van der Waals surface area contributed by atoms with Crippen LogP contribution in [0.3, 0.4) is 0 Å². The highest BCUT2D eigenvalue weighted by molar-refractivity contribution is 7.53. The van der Waals surface area contributed by atoms with Crippen molar-refractivity contribution in [2.75, 3.05) is 12.8 Å². The SMILES string of the molecule is O=P(O)(CCOCc1ccccc1)Oc1ccccc1Oc1ccccc1. The molecule has 0 radical (unpaired) electrons. The summed E-state index contributed by atoms with van der Waals surface area (Å²) in [5, 5.41) is 0. The third-order valence-corrected chi connectivity index (χ3v) is 4.92. The molecule has 1 unspecified atom stereocenters. The van der Waals surface area contributed by atoms with Crippen molar-refractivity contribution in [3.8, 4) is 17.2 Å². The molecule has 0 saturated heterocycles. The van der Waals surface area contributed by atoms with Gasteiger partial charge in [-0.2, -0.15) is 0 Å². The molecule has 0 heterocycles. The van der Waals surface area contributed by atoms with E-state index in [-0.39, 0.29) is 18.5 Å². The fourth-order valence-electron chi connectivity index (χ4n) is 2.37. The molecular weight excluding hydrogens is 363 g/mol. The molecular formula is C21H21O5P. The van der Waals surface area contributed by atoms with E-state index in [2.05, 4.69) is 0 Å². The molecule has 3 aromatic rings. The molecule has 6 heteroatoms. The molecule has 0 spiro atoms. The second-order valence-electron chi connectivity index (χ2n) is 5.85. The summed E-state index contributed by atoms with van der Waals surface area (Å²) >= 11 is 0. The van der Waals surface area contributed by atoms with E-state index >= 15 is 0 Å². The molecule has 0 aliphatic carbocycles. The summed E-state index contributed by atoms with van der Waals surface area (Å²) in [5.41, 5.74) is 1.01. The predicted octanol–water partition coefficient (Wildman–Crippen LogP) is 5.26. The molecule has 0 aromatic heterocycles. The Bertz CT molecular complexity index is 883. The molecule has 3 aromatic carbocycles. The van der Waals surface area contributed by atoms with Crippen LogP contribution < -0.4 is 9.26 Å². The summed E-state index contributed by atoms with van der Waals surface area (Å²) in [6, 6.07) is 25.6. The van der Waals surface area contributed by atoms with E-state index in [0.29, 0.717) is 18.1 Å². The Balaban J connectivity index is 1.56. The largest absolute Gasteiger partial charge is 0.453 e. The molecule has 0 amide bonds. The molecule has 140 valence electrons. The van der Waals surface area contributed by atoms with E-state index in [0.717, 1.165) is 5.56 Å². The molecule has 5 nitrogen and oxygen atoms in total. The van der Waals surface area contributed by atoms with Crippen molar-refractivity contribution in [1.82, 2.24) is 0 Å². The van der Waals surface area contributed by atoms with E-state index in [9.17, 15) is 9.46 Å². The van der Waals surface area contributed by atoms with Gasteiger partial charge >= 0.3 is 7.60 Å². The number of hydrogen-bond acceptors (Lipinski definition) is 4. The standard InChI is InChI=1S/C21H21O5P/c22-27(23,16-15-24-17-18-9-3-1-4-10-18)26-21-14-8-7-13-20(21)25-19-11-5-2-6-12-19/h1-14H,15-17H2,(H,22,23).